The van der Waals surface area contributed by atoms with E-state index in [-0.39, 0.29) is 0 Å². The van der Waals surface area contributed by atoms with E-state index in [2.05, 4.69) is 19.2 Å². The summed E-state index contributed by atoms with van der Waals surface area (Å²) < 4.78 is 0. The molecule has 0 spiro atoms. The summed E-state index contributed by atoms with van der Waals surface area (Å²) in [5.41, 5.74) is 0. The van der Waals surface area contributed by atoms with Gasteiger partial charge < -0.3 is 5.32 Å². The summed E-state index contributed by atoms with van der Waals surface area (Å²) >= 11 is 0. The largest absolute Gasteiger partial charge is 0.314 e. The van der Waals surface area contributed by atoms with E-state index in [4.69, 9.17) is 0 Å². The number of nitrogens with one attached hydrogen (secondary N) is 1. The Morgan fingerprint density at radius 1 is 0.941 bits per heavy atom. The van der Waals surface area contributed by atoms with Gasteiger partial charge in [0.2, 0.25) is 0 Å². The fourth-order valence-electron chi connectivity index (χ4n) is 4.66. The van der Waals surface area contributed by atoms with Gasteiger partial charge in [0, 0.05) is 6.04 Å². The summed E-state index contributed by atoms with van der Waals surface area (Å²) in [4.78, 5) is 0. The van der Waals surface area contributed by atoms with E-state index >= 15 is 0 Å². The van der Waals surface area contributed by atoms with Crippen molar-refractivity contribution < 1.29 is 0 Å². The molecule has 1 nitrogen and oxygen atoms in total. The molecule has 2 bridgehead atoms. The topological polar surface area (TPSA) is 12.0 Å². The first kappa shape index (κ1) is 12.0. The fraction of sp³-hybridized carbons (Fsp3) is 1.00. The van der Waals surface area contributed by atoms with Gasteiger partial charge in [-0.25, -0.2) is 0 Å². The quantitative estimate of drug-likeness (QED) is 0.763. The van der Waals surface area contributed by atoms with Gasteiger partial charge in [0.25, 0.3) is 0 Å². The molecule has 3 saturated carbocycles. The molecule has 0 saturated heterocycles. The summed E-state index contributed by atoms with van der Waals surface area (Å²) in [6.07, 6.45) is 10.9. The normalized spacial score (nSPS) is 44.3. The van der Waals surface area contributed by atoms with Gasteiger partial charge in [-0.3, -0.25) is 0 Å². The molecule has 5 unspecified atom stereocenters. The zero-order valence-corrected chi connectivity index (χ0v) is 11.6. The van der Waals surface area contributed by atoms with Crippen LogP contribution in [0.15, 0.2) is 0 Å². The van der Waals surface area contributed by atoms with Crippen LogP contribution in [0.3, 0.4) is 0 Å². The second kappa shape index (κ2) is 4.91. The second-order valence-corrected chi connectivity index (χ2v) is 7.33. The maximum absolute atomic E-state index is 3.64. The highest BCUT2D eigenvalue weighted by atomic mass is 14.9. The van der Waals surface area contributed by atoms with Gasteiger partial charge >= 0.3 is 0 Å². The lowest BCUT2D eigenvalue weighted by molar-refractivity contribution is 0.118. The Morgan fingerprint density at radius 3 is 2.29 bits per heavy atom. The number of fused-ring (bicyclic) bond motifs is 2. The molecule has 0 aromatic carbocycles. The average Bonchev–Trinajstić information content (AvgIpc) is 2.85. The molecule has 3 aliphatic carbocycles. The summed E-state index contributed by atoms with van der Waals surface area (Å²) in [7, 11) is 0. The Bertz CT molecular complexity index is 260. The molecule has 3 aliphatic rings. The summed E-state index contributed by atoms with van der Waals surface area (Å²) in [5.74, 6) is 5.49. The molecule has 1 N–H and O–H groups in total. The van der Waals surface area contributed by atoms with Gasteiger partial charge in [-0.15, -0.1) is 0 Å². The minimum Gasteiger partial charge on any atom is -0.314 e. The first-order chi connectivity index (χ1) is 8.22. The molecule has 0 radical (unpaired) electrons. The Morgan fingerprint density at radius 2 is 1.76 bits per heavy atom. The Kier molecular flexibility index (Phi) is 3.47. The van der Waals surface area contributed by atoms with Crippen molar-refractivity contribution in [2.75, 3.05) is 6.54 Å². The maximum Gasteiger partial charge on any atom is 0.00104 e. The van der Waals surface area contributed by atoms with Gasteiger partial charge in [-0.05, 0) is 74.7 Å². The van der Waals surface area contributed by atoms with E-state index in [1.54, 1.807) is 32.1 Å². The van der Waals surface area contributed by atoms with Crippen LogP contribution in [-0.2, 0) is 0 Å². The highest BCUT2D eigenvalue weighted by Crippen LogP contribution is 2.52. The third-order valence-corrected chi connectivity index (χ3v) is 5.85. The number of hydrogen-bond acceptors (Lipinski definition) is 1. The Balaban J connectivity index is 1.43. The third-order valence-electron chi connectivity index (χ3n) is 5.85. The Labute approximate surface area is 107 Å². The molecule has 1 heteroatoms. The van der Waals surface area contributed by atoms with Crippen LogP contribution in [0.5, 0.6) is 0 Å². The van der Waals surface area contributed by atoms with Crippen molar-refractivity contribution in [1.29, 1.82) is 0 Å². The molecule has 3 rings (SSSR count). The average molecular weight is 235 g/mol. The lowest BCUT2D eigenvalue weighted by atomic mass is 9.67. The van der Waals surface area contributed by atoms with E-state index in [0.717, 1.165) is 29.6 Å². The fourth-order valence-corrected chi connectivity index (χ4v) is 4.66. The van der Waals surface area contributed by atoms with E-state index in [9.17, 15) is 0 Å². The molecule has 5 atom stereocenters. The molecule has 0 aromatic heterocycles. The van der Waals surface area contributed by atoms with E-state index < -0.39 is 0 Å². The minimum atomic E-state index is 0.666. The minimum absolute atomic E-state index is 0.666. The summed E-state index contributed by atoms with van der Waals surface area (Å²) in [6, 6.07) is 0.666. The first-order valence-electron chi connectivity index (χ1n) is 7.95. The molecule has 0 heterocycles. The van der Waals surface area contributed by atoms with E-state index in [0.29, 0.717) is 6.04 Å². The molecule has 0 aliphatic heterocycles. The smallest absolute Gasteiger partial charge is 0.00104 e. The van der Waals surface area contributed by atoms with Crippen LogP contribution >= 0.6 is 0 Å². The maximum atomic E-state index is 3.64. The van der Waals surface area contributed by atoms with Crippen LogP contribution in [0, 0.1) is 29.6 Å². The lowest BCUT2D eigenvalue weighted by Gasteiger charge is -2.40. The van der Waals surface area contributed by atoms with Crippen LogP contribution in [0.1, 0.15) is 58.8 Å². The number of hydrogen-bond donors (Lipinski definition) is 1. The van der Waals surface area contributed by atoms with E-state index in [1.165, 1.54) is 19.4 Å². The van der Waals surface area contributed by atoms with Crippen molar-refractivity contribution in [3.8, 4) is 0 Å². The monoisotopic (exact) mass is 235 g/mol. The molecular weight excluding hydrogens is 206 g/mol. The molecule has 0 amide bonds. The molecular formula is C16H29N. The highest BCUT2D eigenvalue weighted by Gasteiger charge is 2.42. The molecule has 17 heavy (non-hydrogen) atoms. The van der Waals surface area contributed by atoms with Gasteiger partial charge in [0.15, 0.2) is 0 Å². The van der Waals surface area contributed by atoms with Gasteiger partial charge in [-0.1, -0.05) is 20.3 Å². The second-order valence-electron chi connectivity index (χ2n) is 7.33. The first-order valence-corrected chi connectivity index (χ1v) is 7.95. The Hall–Kier alpha value is -0.0400. The van der Waals surface area contributed by atoms with Gasteiger partial charge in [-0.2, -0.15) is 0 Å². The standard InChI is InChI=1S/C16H29N/c1-11(2)17-10-15-6-5-14(15)9-16-8-12-3-4-13(16)7-12/h11-17H,3-10H2,1-2H3. The molecule has 98 valence electrons. The molecule has 3 fully saturated rings. The SMILES string of the molecule is CC(C)NCC1CCC1CC1CC2CCC1C2. The number of rotatable bonds is 5. The van der Waals surface area contributed by atoms with Crippen molar-refractivity contribution in [3.63, 3.8) is 0 Å². The van der Waals surface area contributed by atoms with Crippen LogP contribution < -0.4 is 5.32 Å². The van der Waals surface area contributed by atoms with Crippen LogP contribution in [0.25, 0.3) is 0 Å². The van der Waals surface area contributed by atoms with Crippen molar-refractivity contribution in [2.24, 2.45) is 29.6 Å². The van der Waals surface area contributed by atoms with Crippen LogP contribution in [0.4, 0.5) is 0 Å². The highest BCUT2D eigenvalue weighted by molar-refractivity contribution is 4.93. The predicted octanol–water partition coefficient (Wildman–Crippen LogP) is 3.84. The van der Waals surface area contributed by atoms with Crippen LogP contribution in [0.2, 0.25) is 0 Å². The van der Waals surface area contributed by atoms with Gasteiger partial charge in [0.1, 0.15) is 0 Å². The third kappa shape index (κ3) is 2.54. The van der Waals surface area contributed by atoms with Crippen molar-refractivity contribution in [1.82, 2.24) is 5.32 Å². The lowest BCUT2D eigenvalue weighted by Crippen LogP contribution is -2.39. The van der Waals surface area contributed by atoms with Gasteiger partial charge in [0.05, 0.1) is 0 Å². The van der Waals surface area contributed by atoms with Crippen molar-refractivity contribution >= 4 is 0 Å². The van der Waals surface area contributed by atoms with Crippen molar-refractivity contribution in [2.45, 2.75) is 64.8 Å². The van der Waals surface area contributed by atoms with Crippen molar-refractivity contribution in [3.05, 3.63) is 0 Å². The zero-order valence-electron chi connectivity index (χ0n) is 11.6. The van der Waals surface area contributed by atoms with Crippen LogP contribution in [-0.4, -0.2) is 12.6 Å². The molecule has 0 aromatic rings. The summed E-state index contributed by atoms with van der Waals surface area (Å²) in [5, 5.41) is 3.64. The predicted molar refractivity (Wildman–Crippen MR) is 72.9 cm³/mol. The summed E-state index contributed by atoms with van der Waals surface area (Å²) in [6.45, 7) is 5.82. The zero-order chi connectivity index (χ0) is 11.8. The van der Waals surface area contributed by atoms with E-state index in [1.807, 2.05) is 0 Å².